The monoisotopic (exact) mass is 426 g/mol. The molecule has 0 atom stereocenters. The Morgan fingerprint density at radius 2 is 1.57 bits per heavy atom. The Bertz CT molecular complexity index is 1030. The van der Waals surface area contributed by atoms with Gasteiger partial charge in [0.05, 0.1) is 33.4 Å². The van der Waals surface area contributed by atoms with Crippen molar-refractivity contribution in [3.05, 3.63) is 51.9 Å². The van der Waals surface area contributed by atoms with Gasteiger partial charge in [-0.3, -0.25) is 4.79 Å². The highest BCUT2D eigenvalue weighted by molar-refractivity contribution is 7.14. The Hall–Kier alpha value is -3.06. The number of hydrogen-bond acceptors (Lipinski definition) is 6. The number of nitrogens with zero attached hydrogens (tertiary/aromatic N) is 1. The quantitative estimate of drug-likeness (QED) is 0.579. The molecule has 0 aliphatic rings. The molecule has 0 aliphatic carbocycles. The fourth-order valence-corrected chi connectivity index (χ4v) is 4.33. The third kappa shape index (κ3) is 4.57. The minimum absolute atomic E-state index is 0.161. The van der Waals surface area contributed by atoms with Crippen LogP contribution in [0.1, 0.15) is 22.3 Å². The average Bonchev–Trinajstić information content (AvgIpc) is 3.13. The van der Waals surface area contributed by atoms with Gasteiger partial charge in [0, 0.05) is 10.9 Å². The van der Waals surface area contributed by atoms with Crippen LogP contribution in [0.15, 0.2) is 29.6 Å². The molecule has 0 spiro atoms. The third-order valence-corrected chi connectivity index (χ3v) is 5.53. The number of hydrogen-bond donors (Lipinski definition) is 1. The summed E-state index contributed by atoms with van der Waals surface area (Å²) >= 11 is 1.41. The topological polar surface area (TPSA) is 69.7 Å². The number of rotatable bonds is 7. The van der Waals surface area contributed by atoms with Gasteiger partial charge in [0.2, 0.25) is 11.7 Å². The van der Waals surface area contributed by atoms with E-state index in [4.69, 9.17) is 14.2 Å². The van der Waals surface area contributed by atoms with Gasteiger partial charge >= 0.3 is 0 Å². The van der Waals surface area contributed by atoms with E-state index in [9.17, 15) is 4.79 Å². The molecular weight excluding hydrogens is 400 g/mol. The number of ether oxygens (including phenoxy) is 3. The van der Waals surface area contributed by atoms with E-state index in [0.29, 0.717) is 22.4 Å². The van der Waals surface area contributed by atoms with Crippen LogP contribution in [0.2, 0.25) is 0 Å². The van der Waals surface area contributed by atoms with Gasteiger partial charge in [-0.05, 0) is 49.6 Å². The maximum atomic E-state index is 12.6. The lowest BCUT2D eigenvalue weighted by molar-refractivity contribution is -0.115. The molecular formula is C23H26N2O4S. The maximum absolute atomic E-state index is 12.6. The number of amides is 1. The lowest BCUT2D eigenvalue weighted by Gasteiger charge is -2.14. The van der Waals surface area contributed by atoms with E-state index < -0.39 is 0 Å². The molecule has 1 aromatic heterocycles. The van der Waals surface area contributed by atoms with Gasteiger partial charge in [-0.25, -0.2) is 4.98 Å². The van der Waals surface area contributed by atoms with E-state index >= 15 is 0 Å². The number of methoxy groups -OCH3 is 3. The first kappa shape index (κ1) is 21.6. The number of thiazole rings is 1. The van der Waals surface area contributed by atoms with Crippen molar-refractivity contribution < 1.29 is 19.0 Å². The predicted molar refractivity (Wildman–Crippen MR) is 120 cm³/mol. The van der Waals surface area contributed by atoms with E-state index in [1.165, 1.54) is 28.0 Å². The highest BCUT2D eigenvalue weighted by Crippen LogP contribution is 2.38. The van der Waals surface area contributed by atoms with Crippen molar-refractivity contribution >= 4 is 22.4 Å². The first-order valence-corrected chi connectivity index (χ1v) is 10.4. The first-order valence-electron chi connectivity index (χ1n) is 9.48. The lowest BCUT2D eigenvalue weighted by Crippen LogP contribution is -2.14. The number of carbonyl (C=O) groups is 1. The van der Waals surface area contributed by atoms with E-state index in [0.717, 1.165) is 16.8 Å². The Morgan fingerprint density at radius 3 is 2.10 bits per heavy atom. The van der Waals surface area contributed by atoms with Crippen molar-refractivity contribution in [3.63, 3.8) is 0 Å². The summed E-state index contributed by atoms with van der Waals surface area (Å²) in [6.07, 6.45) is 0.161. The molecule has 0 unspecified atom stereocenters. The molecule has 30 heavy (non-hydrogen) atoms. The Labute approximate surface area is 180 Å². The van der Waals surface area contributed by atoms with Gasteiger partial charge in [0.25, 0.3) is 0 Å². The minimum Gasteiger partial charge on any atom is -0.493 e. The second-order valence-corrected chi connectivity index (χ2v) is 7.93. The number of anilines is 1. The number of aromatic nitrogens is 1. The summed E-state index contributed by atoms with van der Waals surface area (Å²) < 4.78 is 16.0. The lowest BCUT2D eigenvalue weighted by atomic mass is 9.98. The third-order valence-electron chi connectivity index (χ3n) is 4.77. The Morgan fingerprint density at radius 1 is 0.967 bits per heavy atom. The molecule has 3 rings (SSSR count). The fraction of sp³-hybridized carbons (Fsp3) is 0.304. The van der Waals surface area contributed by atoms with Gasteiger partial charge in [0.15, 0.2) is 16.6 Å². The summed E-state index contributed by atoms with van der Waals surface area (Å²) in [7, 11) is 4.64. The average molecular weight is 427 g/mol. The summed E-state index contributed by atoms with van der Waals surface area (Å²) in [5.74, 6) is 1.36. The Balaban J connectivity index is 1.77. The van der Waals surface area contributed by atoms with Crippen molar-refractivity contribution in [2.45, 2.75) is 27.2 Å². The standard InChI is InChI=1S/C23H26N2O4S/c1-13-7-14(2)21(15(3)8-13)17-12-30-23(24-17)25-20(26)11-16-9-18(27-4)22(29-6)19(10-16)28-5/h7-10,12H,11H2,1-6H3,(H,24,25,26). The number of aryl methyl sites for hydroxylation is 3. The zero-order chi connectivity index (χ0) is 21.8. The van der Waals surface area contributed by atoms with Crippen molar-refractivity contribution in [1.29, 1.82) is 0 Å². The van der Waals surface area contributed by atoms with Crippen LogP contribution in [0.3, 0.4) is 0 Å². The summed E-state index contributed by atoms with van der Waals surface area (Å²) in [6, 6.07) is 7.83. The van der Waals surface area contributed by atoms with Crippen LogP contribution >= 0.6 is 11.3 Å². The van der Waals surface area contributed by atoms with Crippen LogP contribution in [-0.4, -0.2) is 32.2 Å². The molecule has 7 heteroatoms. The molecule has 0 radical (unpaired) electrons. The first-order chi connectivity index (χ1) is 14.4. The summed E-state index contributed by atoms with van der Waals surface area (Å²) in [6.45, 7) is 6.24. The van der Waals surface area contributed by atoms with Gasteiger partial charge in [-0.1, -0.05) is 17.7 Å². The predicted octanol–water partition coefficient (Wildman–Crippen LogP) is 4.94. The van der Waals surface area contributed by atoms with Crippen LogP contribution in [0.4, 0.5) is 5.13 Å². The smallest absolute Gasteiger partial charge is 0.230 e. The maximum Gasteiger partial charge on any atom is 0.230 e. The molecule has 3 aromatic rings. The summed E-state index contributed by atoms with van der Waals surface area (Å²) in [5, 5.41) is 5.43. The SMILES string of the molecule is COc1cc(CC(=O)Nc2nc(-c3c(C)cc(C)cc3C)cs2)cc(OC)c1OC. The van der Waals surface area contributed by atoms with E-state index in [1.807, 2.05) is 5.38 Å². The van der Waals surface area contributed by atoms with E-state index in [1.54, 1.807) is 33.5 Å². The van der Waals surface area contributed by atoms with Crippen LogP contribution in [0.25, 0.3) is 11.3 Å². The van der Waals surface area contributed by atoms with E-state index in [2.05, 4.69) is 43.2 Å². The van der Waals surface area contributed by atoms with Crippen LogP contribution in [0, 0.1) is 20.8 Å². The highest BCUT2D eigenvalue weighted by Gasteiger charge is 2.16. The zero-order valence-electron chi connectivity index (χ0n) is 18.1. The largest absolute Gasteiger partial charge is 0.493 e. The van der Waals surface area contributed by atoms with Gasteiger partial charge in [-0.15, -0.1) is 11.3 Å². The molecule has 0 saturated carbocycles. The second kappa shape index (κ2) is 9.17. The molecule has 2 aromatic carbocycles. The minimum atomic E-state index is -0.164. The molecule has 1 amide bonds. The summed E-state index contributed by atoms with van der Waals surface area (Å²) in [4.78, 5) is 17.2. The normalized spacial score (nSPS) is 10.6. The highest BCUT2D eigenvalue weighted by atomic mass is 32.1. The number of nitrogens with one attached hydrogen (secondary N) is 1. The Kier molecular flexibility index (Phi) is 6.62. The number of benzene rings is 2. The molecule has 0 fully saturated rings. The molecule has 0 bridgehead atoms. The molecule has 158 valence electrons. The van der Waals surface area contributed by atoms with Crippen molar-refractivity contribution in [3.8, 4) is 28.5 Å². The second-order valence-electron chi connectivity index (χ2n) is 7.07. The zero-order valence-corrected chi connectivity index (χ0v) is 18.9. The van der Waals surface area contributed by atoms with Gasteiger partial charge < -0.3 is 19.5 Å². The molecule has 0 saturated heterocycles. The van der Waals surface area contributed by atoms with Crippen LogP contribution in [0.5, 0.6) is 17.2 Å². The summed E-state index contributed by atoms with van der Waals surface area (Å²) in [5.41, 5.74) is 6.31. The molecule has 1 N–H and O–H groups in total. The molecule has 1 heterocycles. The molecule has 0 aliphatic heterocycles. The molecule has 6 nitrogen and oxygen atoms in total. The van der Waals surface area contributed by atoms with Crippen LogP contribution < -0.4 is 19.5 Å². The fourth-order valence-electron chi connectivity index (χ4n) is 3.62. The van der Waals surface area contributed by atoms with Crippen molar-refractivity contribution in [2.24, 2.45) is 0 Å². The van der Waals surface area contributed by atoms with Crippen molar-refractivity contribution in [1.82, 2.24) is 4.98 Å². The van der Waals surface area contributed by atoms with E-state index in [-0.39, 0.29) is 12.3 Å². The number of carbonyl (C=O) groups excluding carboxylic acids is 1. The van der Waals surface area contributed by atoms with Gasteiger partial charge in [0.1, 0.15) is 0 Å². The van der Waals surface area contributed by atoms with Crippen LogP contribution in [-0.2, 0) is 11.2 Å². The van der Waals surface area contributed by atoms with Gasteiger partial charge in [-0.2, -0.15) is 0 Å². The van der Waals surface area contributed by atoms with Crippen molar-refractivity contribution in [2.75, 3.05) is 26.6 Å².